The highest BCUT2D eigenvalue weighted by Crippen LogP contribution is 2.11. The van der Waals surface area contributed by atoms with E-state index in [1.54, 1.807) is 6.92 Å². The summed E-state index contributed by atoms with van der Waals surface area (Å²) in [5.41, 5.74) is 0. The number of hydrogen-bond acceptors (Lipinski definition) is 7. The Balaban J connectivity index is 1.90. The second-order valence-corrected chi connectivity index (χ2v) is 6.70. The highest BCUT2D eigenvalue weighted by molar-refractivity contribution is 7.88. The third kappa shape index (κ3) is 3.93. The molecule has 0 bridgehead atoms. The number of nitrogens with zero attached hydrogens (tertiary/aromatic N) is 3. The number of carbonyl (C=O) groups excluding carboxylic acids is 4. The number of urea groups is 3. The molecule has 2 fully saturated rings. The lowest BCUT2D eigenvalue weighted by molar-refractivity contribution is -0.138. The molecule has 0 aliphatic carbocycles. The van der Waals surface area contributed by atoms with Crippen LogP contribution in [0.25, 0.3) is 0 Å². The maximum Gasteiger partial charge on any atom is 0.405 e. The van der Waals surface area contributed by atoms with Gasteiger partial charge in [0, 0.05) is 19.6 Å². The SMILES string of the molecule is CCN1CCN(C(=O)NS(=O)(=O)NC(=O)N2CC(NC(=O)O)C2=O)C1=O. The van der Waals surface area contributed by atoms with Crippen molar-refractivity contribution in [1.29, 1.82) is 0 Å². The van der Waals surface area contributed by atoms with Gasteiger partial charge in [-0.25, -0.2) is 33.5 Å². The van der Waals surface area contributed by atoms with Crippen molar-refractivity contribution in [2.45, 2.75) is 13.0 Å². The third-order valence-corrected chi connectivity index (χ3v) is 4.52. The summed E-state index contributed by atoms with van der Waals surface area (Å²) in [6, 6.07) is -4.43. The van der Waals surface area contributed by atoms with Gasteiger partial charge in [0.25, 0.3) is 5.91 Å². The summed E-state index contributed by atoms with van der Waals surface area (Å²) in [5, 5.41) is 10.3. The van der Waals surface area contributed by atoms with Crippen molar-refractivity contribution in [3.63, 3.8) is 0 Å². The van der Waals surface area contributed by atoms with Crippen LogP contribution in [0.2, 0.25) is 0 Å². The quantitative estimate of drug-likeness (QED) is 0.391. The molecule has 0 saturated carbocycles. The van der Waals surface area contributed by atoms with Gasteiger partial charge in [-0.05, 0) is 6.92 Å². The Morgan fingerprint density at radius 3 is 2.15 bits per heavy atom. The summed E-state index contributed by atoms with van der Waals surface area (Å²) >= 11 is 0. The predicted molar refractivity (Wildman–Crippen MR) is 82.0 cm³/mol. The number of carboxylic acid groups (broad SMARTS) is 1. The zero-order valence-electron chi connectivity index (χ0n) is 13.5. The van der Waals surface area contributed by atoms with Gasteiger partial charge < -0.3 is 15.3 Å². The molecule has 1 unspecified atom stereocenters. The van der Waals surface area contributed by atoms with Gasteiger partial charge in [-0.1, -0.05) is 0 Å². The number of likely N-dealkylation sites (N-methyl/N-ethyl adjacent to an activating group) is 1. The van der Waals surface area contributed by atoms with E-state index in [4.69, 9.17) is 5.11 Å². The van der Waals surface area contributed by atoms with Crippen molar-refractivity contribution in [3.05, 3.63) is 0 Å². The van der Waals surface area contributed by atoms with Crippen molar-refractivity contribution in [2.75, 3.05) is 26.2 Å². The average molecular weight is 392 g/mol. The van der Waals surface area contributed by atoms with Crippen LogP contribution in [-0.2, 0) is 15.0 Å². The minimum absolute atomic E-state index is 0.0187. The van der Waals surface area contributed by atoms with Gasteiger partial charge in [-0.15, -0.1) is 0 Å². The third-order valence-electron chi connectivity index (χ3n) is 3.64. The average Bonchev–Trinajstić information content (AvgIpc) is 2.90. The molecule has 4 N–H and O–H groups in total. The lowest BCUT2D eigenvalue weighted by atomic mass is 10.1. The lowest BCUT2D eigenvalue weighted by Gasteiger charge is -2.35. The second kappa shape index (κ2) is 7.03. The molecule has 2 aliphatic rings. The molecule has 14 nitrogen and oxygen atoms in total. The molecule has 26 heavy (non-hydrogen) atoms. The summed E-state index contributed by atoms with van der Waals surface area (Å²) < 4.78 is 26.6. The maximum atomic E-state index is 11.9. The first-order valence-corrected chi connectivity index (χ1v) is 8.79. The highest BCUT2D eigenvalue weighted by Gasteiger charge is 2.43. The van der Waals surface area contributed by atoms with E-state index in [0.29, 0.717) is 16.3 Å². The van der Waals surface area contributed by atoms with Crippen LogP contribution in [0.1, 0.15) is 6.92 Å². The molecular weight excluding hydrogens is 376 g/mol. The number of imide groups is 2. The summed E-state index contributed by atoms with van der Waals surface area (Å²) in [6.07, 6.45) is -1.47. The molecular formula is C11H16N6O8S. The van der Waals surface area contributed by atoms with Gasteiger partial charge >= 0.3 is 34.4 Å². The second-order valence-electron chi connectivity index (χ2n) is 5.28. The monoisotopic (exact) mass is 392 g/mol. The van der Waals surface area contributed by atoms with E-state index in [9.17, 15) is 32.4 Å². The molecule has 2 heterocycles. The van der Waals surface area contributed by atoms with Crippen LogP contribution in [0.5, 0.6) is 0 Å². The van der Waals surface area contributed by atoms with Crippen LogP contribution in [0, 0.1) is 0 Å². The molecule has 15 heteroatoms. The van der Waals surface area contributed by atoms with Gasteiger partial charge in [-0.2, -0.15) is 8.42 Å². The van der Waals surface area contributed by atoms with Gasteiger partial charge in [-0.3, -0.25) is 9.69 Å². The maximum absolute atomic E-state index is 11.9. The van der Waals surface area contributed by atoms with E-state index in [1.165, 1.54) is 14.3 Å². The van der Waals surface area contributed by atoms with E-state index < -0.39 is 46.3 Å². The Morgan fingerprint density at radius 2 is 1.69 bits per heavy atom. The molecule has 0 aromatic heterocycles. The largest absolute Gasteiger partial charge is 0.465 e. The van der Waals surface area contributed by atoms with E-state index in [2.05, 4.69) is 0 Å². The Hall–Kier alpha value is -3.10. The molecule has 8 amide bonds. The van der Waals surface area contributed by atoms with Gasteiger partial charge in [0.05, 0.1) is 6.54 Å². The zero-order valence-corrected chi connectivity index (χ0v) is 14.3. The lowest BCUT2D eigenvalue weighted by Crippen LogP contribution is -2.67. The number of amides is 8. The smallest absolute Gasteiger partial charge is 0.405 e. The van der Waals surface area contributed by atoms with Crippen LogP contribution < -0.4 is 14.8 Å². The fraction of sp³-hybridized carbons (Fsp3) is 0.545. The van der Waals surface area contributed by atoms with E-state index >= 15 is 0 Å². The Morgan fingerprint density at radius 1 is 1.12 bits per heavy atom. The molecule has 2 rings (SSSR count). The fourth-order valence-electron chi connectivity index (χ4n) is 2.30. The molecule has 0 spiro atoms. The minimum Gasteiger partial charge on any atom is -0.465 e. The van der Waals surface area contributed by atoms with E-state index in [0.717, 1.165) is 0 Å². The Bertz CT molecular complexity index is 767. The summed E-state index contributed by atoms with van der Waals surface area (Å²) in [5.74, 6) is -0.945. The van der Waals surface area contributed by atoms with Gasteiger partial charge in [0.1, 0.15) is 6.04 Å². The topological polar surface area (TPSA) is 186 Å². The zero-order chi connectivity index (χ0) is 19.6. The van der Waals surface area contributed by atoms with E-state index in [-0.39, 0.29) is 19.6 Å². The van der Waals surface area contributed by atoms with Crippen molar-refractivity contribution in [1.82, 2.24) is 29.5 Å². The number of likely N-dealkylation sites (tertiary alicyclic amines) is 1. The van der Waals surface area contributed by atoms with Gasteiger partial charge in [0.15, 0.2) is 0 Å². The van der Waals surface area contributed by atoms with Crippen LogP contribution in [0.15, 0.2) is 0 Å². The normalized spacial score (nSPS) is 19.9. The number of β-lactam (4-membered cyclic amide) rings is 1. The number of rotatable bonds is 4. The van der Waals surface area contributed by atoms with Crippen molar-refractivity contribution in [2.24, 2.45) is 0 Å². The molecule has 0 aromatic rings. The van der Waals surface area contributed by atoms with Crippen LogP contribution in [0.4, 0.5) is 19.2 Å². The molecule has 0 aromatic carbocycles. The first-order valence-electron chi connectivity index (χ1n) is 7.31. The van der Waals surface area contributed by atoms with Crippen LogP contribution in [-0.4, -0.2) is 90.5 Å². The summed E-state index contributed by atoms with van der Waals surface area (Å²) in [4.78, 5) is 59.9. The van der Waals surface area contributed by atoms with Crippen molar-refractivity contribution in [3.8, 4) is 0 Å². The van der Waals surface area contributed by atoms with Crippen molar-refractivity contribution >= 4 is 40.3 Å². The minimum atomic E-state index is -4.69. The molecule has 1 atom stereocenters. The van der Waals surface area contributed by atoms with Gasteiger partial charge in [0.2, 0.25) is 0 Å². The number of nitrogens with one attached hydrogen (secondary N) is 3. The van der Waals surface area contributed by atoms with Crippen LogP contribution in [0.3, 0.4) is 0 Å². The fourth-order valence-corrected chi connectivity index (χ4v) is 3.03. The Labute approximate surface area is 147 Å². The van der Waals surface area contributed by atoms with Crippen molar-refractivity contribution < 1.29 is 37.5 Å². The number of hydrogen-bond donors (Lipinski definition) is 4. The molecule has 2 saturated heterocycles. The number of carbonyl (C=O) groups is 5. The molecule has 2 aliphatic heterocycles. The summed E-state index contributed by atoms with van der Waals surface area (Å²) in [7, 11) is -4.69. The highest BCUT2D eigenvalue weighted by atomic mass is 32.2. The molecule has 144 valence electrons. The predicted octanol–water partition coefficient (Wildman–Crippen LogP) is -2.11. The standard InChI is InChI=1S/C11H16N6O8S/c1-2-15-3-4-16(11(15)23)8(19)13-26(24,25)14-9(20)17-5-6(7(17)18)12-10(21)22/h6,12H,2-5H2,1H3,(H,13,19)(H,14,20)(H,21,22). The first-order chi connectivity index (χ1) is 12.1. The Kier molecular flexibility index (Phi) is 5.20. The summed E-state index contributed by atoms with van der Waals surface area (Å²) in [6.45, 7) is 1.89. The van der Waals surface area contributed by atoms with E-state index in [1.807, 2.05) is 5.32 Å². The molecule has 0 radical (unpaired) electrons. The first kappa shape index (κ1) is 19.2. The van der Waals surface area contributed by atoms with Crippen LogP contribution >= 0.6 is 0 Å².